The van der Waals surface area contributed by atoms with E-state index in [1.165, 1.54) is 4.90 Å². The summed E-state index contributed by atoms with van der Waals surface area (Å²) in [5.74, 6) is -0.870. The Morgan fingerprint density at radius 1 is 1.45 bits per heavy atom. The molecule has 1 aliphatic carbocycles. The Kier molecular flexibility index (Phi) is 5.02. The molecular weight excluding hydrogens is 260 g/mol. The summed E-state index contributed by atoms with van der Waals surface area (Å²) in [5, 5.41) is 22.0. The molecule has 2 amide bonds. The zero-order valence-electron chi connectivity index (χ0n) is 12.8. The van der Waals surface area contributed by atoms with Gasteiger partial charge in [0.05, 0.1) is 17.6 Å². The second-order valence-corrected chi connectivity index (χ2v) is 6.44. The number of carboxylic acid groups (broad SMARTS) is 1. The fourth-order valence-electron chi connectivity index (χ4n) is 2.69. The Morgan fingerprint density at radius 2 is 2.05 bits per heavy atom. The van der Waals surface area contributed by atoms with Crippen molar-refractivity contribution in [1.29, 1.82) is 0 Å². The first-order valence-corrected chi connectivity index (χ1v) is 7.11. The van der Waals surface area contributed by atoms with Gasteiger partial charge in [-0.1, -0.05) is 6.42 Å². The molecule has 0 saturated heterocycles. The number of urea groups is 1. The van der Waals surface area contributed by atoms with E-state index >= 15 is 0 Å². The standard InChI is InChI=1S/C14H26N2O4/c1-5-16(9-13(2,3)20)12(19)15-10-7-6-8-14(10,4)11(17)18/h10,20H,5-9H2,1-4H3,(H,15,19)(H,17,18). The lowest BCUT2D eigenvalue weighted by Crippen LogP contribution is -2.53. The number of carbonyl (C=O) groups is 2. The second-order valence-electron chi connectivity index (χ2n) is 6.44. The lowest BCUT2D eigenvalue weighted by atomic mass is 9.85. The molecule has 116 valence electrons. The van der Waals surface area contributed by atoms with Gasteiger partial charge in [-0.15, -0.1) is 0 Å². The number of aliphatic carboxylic acids is 1. The highest BCUT2D eigenvalue weighted by Crippen LogP contribution is 2.38. The Bertz CT molecular complexity index is 378. The minimum Gasteiger partial charge on any atom is -0.481 e. The first kappa shape index (κ1) is 16.8. The predicted molar refractivity (Wildman–Crippen MR) is 75.5 cm³/mol. The van der Waals surface area contributed by atoms with Crippen molar-refractivity contribution < 1.29 is 19.8 Å². The van der Waals surface area contributed by atoms with Gasteiger partial charge in [0.25, 0.3) is 0 Å². The predicted octanol–water partition coefficient (Wildman–Crippen LogP) is 1.43. The molecule has 0 aromatic rings. The molecule has 0 radical (unpaired) electrons. The van der Waals surface area contributed by atoms with Crippen LogP contribution in [0, 0.1) is 5.41 Å². The van der Waals surface area contributed by atoms with Crippen molar-refractivity contribution in [3.63, 3.8) is 0 Å². The fourth-order valence-corrected chi connectivity index (χ4v) is 2.69. The van der Waals surface area contributed by atoms with Crippen molar-refractivity contribution in [3.8, 4) is 0 Å². The Morgan fingerprint density at radius 3 is 2.50 bits per heavy atom. The van der Waals surface area contributed by atoms with E-state index in [1.54, 1.807) is 20.8 Å². The summed E-state index contributed by atoms with van der Waals surface area (Å²) >= 11 is 0. The van der Waals surface area contributed by atoms with E-state index in [0.717, 1.165) is 6.42 Å². The Balaban J connectivity index is 2.71. The number of likely N-dealkylation sites (N-methyl/N-ethyl adjacent to an activating group) is 1. The topological polar surface area (TPSA) is 89.9 Å². The van der Waals surface area contributed by atoms with Gasteiger partial charge in [-0.25, -0.2) is 4.79 Å². The van der Waals surface area contributed by atoms with Crippen LogP contribution >= 0.6 is 0 Å². The van der Waals surface area contributed by atoms with Gasteiger partial charge in [0.1, 0.15) is 0 Å². The third kappa shape index (κ3) is 3.85. The smallest absolute Gasteiger partial charge is 0.317 e. The van der Waals surface area contributed by atoms with Crippen LogP contribution in [0.3, 0.4) is 0 Å². The van der Waals surface area contributed by atoms with E-state index in [1.807, 2.05) is 6.92 Å². The summed E-state index contributed by atoms with van der Waals surface area (Å²) in [4.78, 5) is 25.1. The first-order valence-electron chi connectivity index (χ1n) is 7.11. The van der Waals surface area contributed by atoms with Crippen molar-refractivity contribution in [2.45, 2.75) is 58.6 Å². The SMILES string of the molecule is CCN(CC(C)(C)O)C(=O)NC1CCCC1(C)C(=O)O. The molecule has 1 saturated carbocycles. The third-order valence-corrected chi connectivity index (χ3v) is 3.99. The minimum absolute atomic E-state index is 0.214. The van der Waals surface area contributed by atoms with Crippen LogP contribution in [0.25, 0.3) is 0 Å². The summed E-state index contributed by atoms with van der Waals surface area (Å²) in [7, 11) is 0. The highest BCUT2D eigenvalue weighted by molar-refractivity contribution is 5.79. The van der Waals surface area contributed by atoms with E-state index in [2.05, 4.69) is 5.32 Å². The van der Waals surface area contributed by atoms with Crippen LogP contribution in [0.5, 0.6) is 0 Å². The van der Waals surface area contributed by atoms with Crippen molar-refractivity contribution in [1.82, 2.24) is 10.2 Å². The molecule has 20 heavy (non-hydrogen) atoms. The van der Waals surface area contributed by atoms with Crippen LogP contribution in [0.4, 0.5) is 4.79 Å². The molecule has 0 aromatic heterocycles. The maximum atomic E-state index is 12.2. The second kappa shape index (κ2) is 5.99. The molecule has 6 nitrogen and oxygen atoms in total. The summed E-state index contributed by atoms with van der Waals surface area (Å²) < 4.78 is 0. The molecule has 3 N–H and O–H groups in total. The number of aliphatic hydroxyl groups is 1. The van der Waals surface area contributed by atoms with Crippen LogP contribution in [-0.4, -0.2) is 51.8 Å². The van der Waals surface area contributed by atoms with Crippen LogP contribution in [0.15, 0.2) is 0 Å². The largest absolute Gasteiger partial charge is 0.481 e. The highest BCUT2D eigenvalue weighted by atomic mass is 16.4. The van der Waals surface area contributed by atoms with Gasteiger partial charge in [-0.2, -0.15) is 0 Å². The van der Waals surface area contributed by atoms with E-state index in [4.69, 9.17) is 0 Å². The zero-order valence-corrected chi connectivity index (χ0v) is 12.8. The normalized spacial score (nSPS) is 26.4. The lowest BCUT2D eigenvalue weighted by Gasteiger charge is -2.32. The van der Waals surface area contributed by atoms with Crippen molar-refractivity contribution in [2.75, 3.05) is 13.1 Å². The van der Waals surface area contributed by atoms with Crippen molar-refractivity contribution >= 4 is 12.0 Å². The number of hydrogen-bond acceptors (Lipinski definition) is 3. The van der Waals surface area contributed by atoms with Crippen molar-refractivity contribution in [2.24, 2.45) is 5.41 Å². The maximum absolute atomic E-state index is 12.2. The number of nitrogens with one attached hydrogen (secondary N) is 1. The molecule has 0 aliphatic heterocycles. The number of carbonyl (C=O) groups excluding carboxylic acids is 1. The average Bonchev–Trinajstić information content (AvgIpc) is 2.68. The van der Waals surface area contributed by atoms with Crippen LogP contribution in [0.1, 0.15) is 47.0 Å². The molecule has 0 spiro atoms. The number of nitrogens with zero attached hydrogens (tertiary/aromatic N) is 1. The monoisotopic (exact) mass is 286 g/mol. The average molecular weight is 286 g/mol. The fraction of sp³-hybridized carbons (Fsp3) is 0.857. The molecule has 0 aromatic carbocycles. The van der Waals surface area contributed by atoms with Crippen molar-refractivity contribution in [3.05, 3.63) is 0 Å². The van der Waals surface area contributed by atoms with Gasteiger partial charge < -0.3 is 20.4 Å². The molecule has 1 aliphatic rings. The molecule has 6 heteroatoms. The van der Waals surface area contributed by atoms with E-state index < -0.39 is 17.0 Å². The van der Waals surface area contributed by atoms with E-state index in [9.17, 15) is 19.8 Å². The van der Waals surface area contributed by atoms with Crippen LogP contribution in [0.2, 0.25) is 0 Å². The first-order chi connectivity index (χ1) is 9.10. The van der Waals surface area contributed by atoms with Gasteiger partial charge in [-0.3, -0.25) is 4.79 Å². The van der Waals surface area contributed by atoms with Gasteiger partial charge >= 0.3 is 12.0 Å². The van der Waals surface area contributed by atoms with Gasteiger partial charge in [-0.05, 0) is 40.5 Å². The van der Waals surface area contributed by atoms with E-state index in [0.29, 0.717) is 19.4 Å². The molecule has 1 rings (SSSR count). The molecular formula is C14H26N2O4. The maximum Gasteiger partial charge on any atom is 0.317 e. The summed E-state index contributed by atoms with van der Waals surface area (Å²) in [5.41, 5.74) is -1.87. The molecule has 2 unspecified atom stereocenters. The highest BCUT2D eigenvalue weighted by Gasteiger charge is 2.46. The molecule has 2 atom stereocenters. The lowest BCUT2D eigenvalue weighted by molar-refractivity contribution is -0.148. The summed E-state index contributed by atoms with van der Waals surface area (Å²) in [6.45, 7) is 7.47. The quantitative estimate of drug-likeness (QED) is 0.713. The number of hydrogen-bond donors (Lipinski definition) is 3. The Hall–Kier alpha value is -1.30. The number of carboxylic acids is 1. The molecule has 0 bridgehead atoms. The third-order valence-electron chi connectivity index (χ3n) is 3.99. The molecule has 0 heterocycles. The minimum atomic E-state index is -0.973. The molecule has 1 fully saturated rings. The zero-order chi connectivity index (χ0) is 15.6. The number of rotatable bonds is 5. The van der Waals surface area contributed by atoms with Gasteiger partial charge in [0.2, 0.25) is 0 Å². The Labute approximate surface area is 120 Å². The van der Waals surface area contributed by atoms with Crippen LogP contribution < -0.4 is 5.32 Å². The summed E-state index contributed by atoms with van der Waals surface area (Å²) in [6.07, 6.45) is 2.05. The number of amides is 2. The van der Waals surface area contributed by atoms with E-state index in [-0.39, 0.29) is 18.6 Å². The van der Waals surface area contributed by atoms with Crippen LogP contribution in [-0.2, 0) is 4.79 Å². The van der Waals surface area contributed by atoms with Gasteiger partial charge in [0.15, 0.2) is 0 Å². The summed E-state index contributed by atoms with van der Waals surface area (Å²) in [6, 6.07) is -0.669. The van der Waals surface area contributed by atoms with Gasteiger partial charge in [0, 0.05) is 12.6 Å².